The Kier molecular flexibility index (Phi) is 6.73. The van der Waals surface area contributed by atoms with Gasteiger partial charge in [-0.25, -0.2) is 19.7 Å². The third kappa shape index (κ3) is 5.51. The highest BCUT2D eigenvalue weighted by Crippen LogP contribution is 2.42. The molecule has 3 aromatic rings. The Hall–Kier alpha value is -3.97. The fourth-order valence-electron chi connectivity index (χ4n) is 5.42. The molecule has 2 atom stereocenters. The number of carbonyl (C=O) groups excluding carboxylic acids is 1. The minimum absolute atomic E-state index is 0.119. The van der Waals surface area contributed by atoms with Gasteiger partial charge in [0.2, 0.25) is 5.88 Å². The molecule has 216 valence electrons. The maximum absolute atomic E-state index is 13.7. The van der Waals surface area contributed by atoms with E-state index in [4.69, 9.17) is 14.2 Å². The van der Waals surface area contributed by atoms with Gasteiger partial charge in [-0.15, -0.1) is 0 Å². The van der Waals surface area contributed by atoms with Crippen LogP contribution in [-0.2, 0) is 15.7 Å². The van der Waals surface area contributed by atoms with Crippen LogP contribution in [0.4, 0.5) is 35.2 Å². The summed E-state index contributed by atoms with van der Waals surface area (Å²) in [4.78, 5) is 30.8. The minimum Gasteiger partial charge on any atom is -0.475 e. The van der Waals surface area contributed by atoms with Gasteiger partial charge in [0, 0.05) is 36.6 Å². The number of amides is 2. The monoisotopic (exact) mass is 570 g/mol. The van der Waals surface area contributed by atoms with Gasteiger partial charge in [0.05, 0.1) is 23.9 Å². The Bertz CT molecular complexity index is 1480. The molecule has 2 aromatic heterocycles. The predicted octanol–water partition coefficient (Wildman–Crippen LogP) is 5.03. The van der Waals surface area contributed by atoms with Gasteiger partial charge in [0.1, 0.15) is 18.4 Å². The molecule has 1 aromatic carbocycles. The number of alkyl halides is 3. The van der Waals surface area contributed by atoms with E-state index in [9.17, 15) is 18.0 Å². The standard InChI is InChI=1S/C28H29F3N6O4/c1-16-23-25(35-24(33-16)17-5-4-6-18(11-17)28(29,30)31)37(20-8-10-36(23)13-20)26(38)34-19-7-9-32-22(12-19)39-14-21-15-40-27(2,3)41-21/h4-7,9,11-12,20-21H,8,10,13-15H2,1-3H3,(H,32,34,38)/t20-,21?/m0/s1. The van der Waals surface area contributed by atoms with Crippen LogP contribution in [-0.4, -0.2) is 65.2 Å². The van der Waals surface area contributed by atoms with Crippen molar-refractivity contribution in [2.75, 3.05) is 41.4 Å². The Morgan fingerprint density at radius 2 is 2.05 bits per heavy atom. The number of anilines is 3. The molecule has 13 heteroatoms. The zero-order chi connectivity index (χ0) is 28.9. The molecule has 0 saturated carbocycles. The first-order valence-electron chi connectivity index (χ1n) is 13.3. The molecule has 0 radical (unpaired) electrons. The number of pyridine rings is 1. The quantitative estimate of drug-likeness (QED) is 0.456. The molecule has 1 unspecified atom stereocenters. The van der Waals surface area contributed by atoms with Crippen LogP contribution in [0.5, 0.6) is 5.88 Å². The number of nitrogens with zero attached hydrogens (tertiary/aromatic N) is 5. The lowest BCUT2D eigenvalue weighted by atomic mass is 10.1. The summed E-state index contributed by atoms with van der Waals surface area (Å²) in [5.41, 5.74) is 1.18. The first kappa shape index (κ1) is 27.2. The number of hydrogen-bond donors (Lipinski definition) is 1. The van der Waals surface area contributed by atoms with Crippen molar-refractivity contribution in [3.63, 3.8) is 0 Å². The maximum Gasteiger partial charge on any atom is 0.416 e. The highest BCUT2D eigenvalue weighted by Gasteiger charge is 2.42. The zero-order valence-corrected chi connectivity index (χ0v) is 22.7. The maximum atomic E-state index is 13.7. The third-order valence-corrected chi connectivity index (χ3v) is 7.25. The molecule has 3 aliphatic heterocycles. The summed E-state index contributed by atoms with van der Waals surface area (Å²) in [6.07, 6.45) is -2.50. The third-order valence-electron chi connectivity index (χ3n) is 7.25. The Morgan fingerprint density at radius 1 is 1.22 bits per heavy atom. The van der Waals surface area contributed by atoms with Crippen molar-refractivity contribution in [3.8, 4) is 17.3 Å². The van der Waals surface area contributed by atoms with Gasteiger partial charge in [-0.3, -0.25) is 4.90 Å². The second-order valence-electron chi connectivity index (χ2n) is 10.7. The molecule has 10 nitrogen and oxygen atoms in total. The number of ether oxygens (including phenoxy) is 3. The summed E-state index contributed by atoms with van der Waals surface area (Å²) >= 11 is 0. The summed E-state index contributed by atoms with van der Waals surface area (Å²) in [6, 6.07) is 7.56. The van der Waals surface area contributed by atoms with E-state index in [1.54, 1.807) is 24.0 Å². The molecule has 2 fully saturated rings. The molecule has 2 bridgehead atoms. The van der Waals surface area contributed by atoms with Crippen LogP contribution in [0.15, 0.2) is 42.6 Å². The summed E-state index contributed by atoms with van der Waals surface area (Å²) in [5.74, 6) is 0.129. The lowest BCUT2D eigenvalue weighted by Gasteiger charge is -2.36. The second-order valence-corrected chi connectivity index (χ2v) is 10.7. The van der Waals surface area contributed by atoms with Crippen LogP contribution in [0, 0.1) is 6.92 Å². The zero-order valence-electron chi connectivity index (χ0n) is 22.7. The fourth-order valence-corrected chi connectivity index (χ4v) is 5.42. The average Bonchev–Trinajstić information content (AvgIpc) is 3.49. The largest absolute Gasteiger partial charge is 0.475 e. The Morgan fingerprint density at radius 3 is 2.80 bits per heavy atom. The minimum atomic E-state index is -4.50. The predicted molar refractivity (Wildman–Crippen MR) is 144 cm³/mol. The highest BCUT2D eigenvalue weighted by atomic mass is 19.4. The molecule has 0 spiro atoms. The van der Waals surface area contributed by atoms with Crippen LogP contribution < -0.4 is 19.9 Å². The van der Waals surface area contributed by atoms with E-state index in [-0.39, 0.29) is 30.1 Å². The van der Waals surface area contributed by atoms with Crippen molar-refractivity contribution in [3.05, 3.63) is 53.9 Å². The SMILES string of the molecule is Cc1nc(-c2cccc(C(F)(F)F)c2)nc2c1N1CC[C@@H](C1)N2C(=O)Nc1ccnc(OCC2COC(C)(C)O2)c1. The molecule has 3 aliphatic rings. The number of nitrogens with one attached hydrogen (secondary N) is 1. The number of carbonyl (C=O) groups is 1. The molecule has 2 amide bonds. The fraction of sp³-hybridized carbons (Fsp3) is 0.429. The van der Waals surface area contributed by atoms with E-state index < -0.39 is 23.6 Å². The smallest absolute Gasteiger partial charge is 0.416 e. The van der Waals surface area contributed by atoms with Crippen molar-refractivity contribution in [2.24, 2.45) is 0 Å². The van der Waals surface area contributed by atoms with Gasteiger partial charge in [-0.05, 0) is 45.4 Å². The topological polar surface area (TPSA) is 102 Å². The van der Waals surface area contributed by atoms with Gasteiger partial charge in [0.25, 0.3) is 0 Å². The van der Waals surface area contributed by atoms with E-state index in [2.05, 4.69) is 25.2 Å². The van der Waals surface area contributed by atoms with Crippen LogP contribution >= 0.6 is 0 Å². The van der Waals surface area contributed by atoms with Gasteiger partial charge in [-0.2, -0.15) is 13.2 Å². The molecular weight excluding hydrogens is 541 g/mol. The highest BCUT2D eigenvalue weighted by molar-refractivity contribution is 6.05. The lowest BCUT2D eigenvalue weighted by molar-refractivity contribution is -0.141. The molecule has 2 saturated heterocycles. The van der Waals surface area contributed by atoms with Gasteiger partial charge in [0.15, 0.2) is 17.4 Å². The van der Waals surface area contributed by atoms with Crippen LogP contribution in [0.2, 0.25) is 0 Å². The number of rotatable bonds is 5. The van der Waals surface area contributed by atoms with Gasteiger partial charge < -0.3 is 24.4 Å². The summed E-state index contributed by atoms with van der Waals surface area (Å²) in [5, 5.41) is 2.91. The molecule has 0 aliphatic carbocycles. The van der Waals surface area contributed by atoms with E-state index >= 15 is 0 Å². The van der Waals surface area contributed by atoms with E-state index in [1.807, 2.05) is 13.8 Å². The van der Waals surface area contributed by atoms with Crippen molar-refractivity contribution in [1.29, 1.82) is 0 Å². The van der Waals surface area contributed by atoms with Crippen molar-refractivity contribution in [1.82, 2.24) is 15.0 Å². The van der Waals surface area contributed by atoms with Crippen LogP contribution in [0.25, 0.3) is 11.4 Å². The molecule has 6 rings (SSSR count). The van der Waals surface area contributed by atoms with Gasteiger partial charge >= 0.3 is 12.2 Å². The van der Waals surface area contributed by atoms with Gasteiger partial charge in [-0.1, -0.05) is 12.1 Å². The number of hydrogen-bond acceptors (Lipinski definition) is 8. The van der Waals surface area contributed by atoms with Crippen molar-refractivity contribution < 1.29 is 32.2 Å². The average molecular weight is 571 g/mol. The van der Waals surface area contributed by atoms with E-state index in [0.717, 1.165) is 12.1 Å². The van der Waals surface area contributed by atoms with E-state index in [0.29, 0.717) is 54.9 Å². The van der Waals surface area contributed by atoms with Crippen molar-refractivity contribution >= 4 is 23.2 Å². The summed E-state index contributed by atoms with van der Waals surface area (Å²) in [7, 11) is 0. The molecule has 1 N–H and O–H groups in total. The first-order chi connectivity index (χ1) is 19.5. The van der Waals surface area contributed by atoms with Crippen LogP contribution in [0.1, 0.15) is 31.5 Å². The Labute approximate surface area is 234 Å². The number of benzene rings is 1. The van der Waals surface area contributed by atoms with Crippen LogP contribution in [0.3, 0.4) is 0 Å². The normalized spacial score (nSPS) is 21.1. The number of aromatic nitrogens is 3. The second kappa shape index (κ2) is 10.1. The first-order valence-corrected chi connectivity index (χ1v) is 13.3. The summed E-state index contributed by atoms with van der Waals surface area (Å²) < 4.78 is 57.2. The summed E-state index contributed by atoms with van der Waals surface area (Å²) in [6.45, 7) is 7.40. The number of urea groups is 1. The molecule has 5 heterocycles. The number of aryl methyl sites for hydroxylation is 1. The number of halogens is 3. The van der Waals surface area contributed by atoms with E-state index in [1.165, 1.54) is 18.3 Å². The molecule has 41 heavy (non-hydrogen) atoms. The Balaban J connectivity index is 1.25. The number of fused-ring (bicyclic) bond motifs is 4. The van der Waals surface area contributed by atoms with Crippen molar-refractivity contribution in [2.45, 2.75) is 51.3 Å². The molecular formula is C28H29F3N6O4. The lowest BCUT2D eigenvalue weighted by Crippen LogP contribution is -2.48.